The molecule has 0 aromatic heterocycles. The van der Waals surface area contributed by atoms with Crippen molar-refractivity contribution >= 4 is 29.2 Å². The summed E-state index contributed by atoms with van der Waals surface area (Å²) in [4.78, 5) is 24.3. The summed E-state index contributed by atoms with van der Waals surface area (Å²) in [6.45, 7) is 2.37. The number of benzene rings is 2. The Hall–Kier alpha value is -2.80. The Labute approximate surface area is 160 Å². The van der Waals surface area contributed by atoms with Crippen LogP contribution in [0.15, 0.2) is 36.4 Å². The number of hydrogen-bond donors (Lipinski definition) is 1. The molecule has 1 atom stereocenters. The van der Waals surface area contributed by atoms with Crippen molar-refractivity contribution in [3.8, 4) is 11.5 Å². The van der Waals surface area contributed by atoms with Crippen molar-refractivity contribution in [1.29, 1.82) is 0 Å². The van der Waals surface area contributed by atoms with E-state index in [9.17, 15) is 14.0 Å². The van der Waals surface area contributed by atoms with Crippen LogP contribution in [-0.2, 0) is 20.7 Å². The Morgan fingerprint density at radius 3 is 2.67 bits per heavy atom. The van der Waals surface area contributed by atoms with Gasteiger partial charge in [-0.1, -0.05) is 17.7 Å². The lowest BCUT2D eigenvalue weighted by Gasteiger charge is -2.19. The number of anilines is 1. The zero-order valence-corrected chi connectivity index (χ0v) is 15.2. The Balaban J connectivity index is 1.56. The van der Waals surface area contributed by atoms with E-state index >= 15 is 0 Å². The first-order valence-electron chi connectivity index (χ1n) is 8.26. The number of carbonyl (C=O) groups excluding carboxylic acids is 2. The van der Waals surface area contributed by atoms with Crippen LogP contribution in [0.2, 0.25) is 5.02 Å². The van der Waals surface area contributed by atoms with Gasteiger partial charge in [0.25, 0.3) is 5.91 Å². The molecule has 0 spiro atoms. The highest BCUT2D eigenvalue weighted by Crippen LogP contribution is 2.31. The lowest BCUT2D eigenvalue weighted by Crippen LogP contribution is -2.30. The molecule has 6 nitrogen and oxygen atoms in total. The van der Waals surface area contributed by atoms with E-state index in [1.807, 2.05) is 0 Å². The van der Waals surface area contributed by atoms with Crippen molar-refractivity contribution in [2.75, 3.05) is 18.5 Å². The molecule has 1 aliphatic heterocycles. The number of esters is 1. The summed E-state index contributed by atoms with van der Waals surface area (Å²) in [6, 6.07) is 8.75. The Bertz CT molecular complexity index is 873. The highest BCUT2D eigenvalue weighted by Gasteiger charge is 2.20. The minimum absolute atomic E-state index is 0.0223. The van der Waals surface area contributed by atoms with Gasteiger partial charge in [-0.3, -0.25) is 9.59 Å². The van der Waals surface area contributed by atoms with Crippen LogP contribution < -0.4 is 14.8 Å². The summed E-state index contributed by atoms with van der Waals surface area (Å²) in [5, 5.41) is 2.55. The highest BCUT2D eigenvalue weighted by atomic mass is 35.5. The molecule has 3 rings (SSSR count). The third-order valence-corrected chi connectivity index (χ3v) is 4.13. The van der Waals surface area contributed by atoms with Crippen LogP contribution in [0, 0.1) is 5.82 Å². The number of fused-ring (bicyclic) bond motifs is 1. The van der Waals surface area contributed by atoms with Gasteiger partial charge in [0, 0.05) is 0 Å². The quantitative estimate of drug-likeness (QED) is 0.788. The second-order valence-corrected chi connectivity index (χ2v) is 6.31. The second-order valence-electron chi connectivity index (χ2n) is 5.90. The number of hydrogen-bond acceptors (Lipinski definition) is 5. The van der Waals surface area contributed by atoms with Gasteiger partial charge in [0.1, 0.15) is 19.0 Å². The fourth-order valence-corrected chi connectivity index (χ4v) is 2.70. The number of ether oxygens (including phenoxy) is 3. The van der Waals surface area contributed by atoms with Gasteiger partial charge in [-0.05, 0) is 42.8 Å². The summed E-state index contributed by atoms with van der Waals surface area (Å²) in [7, 11) is 0. The van der Waals surface area contributed by atoms with Crippen LogP contribution in [0.4, 0.5) is 10.1 Å². The molecule has 2 aromatic rings. The maximum Gasteiger partial charge on any atom is 0.311 e. The van der Waals surface area contributed by atoms with E-state index in [1.165, 1.54) is 19.1 Å². The molecule has 0 bridgehead atoms. The molecule has 0 radical (unpaired) electrons. The average Bonchev–Trinajstić information content (AvgIpc) is 2.63. The molecule has 27 heavy (non-hydrogen) atoms. The van der Waals surface area contributed by atoms with E-state index in [0.717, 1.165) is 6.07 Å². The van der Waals surface area contributed by atoms with Gasteiger partial charge in [-0.25, -0.2) is 4.39 Å². The zero-order chi connectivity index (χ0) is 19.4. The Morgan fingerprint density at radius 2 is 1.93 bits per heavy atom. The predicted octanol–water partition coefficient (Wildman–Crippen LogP) is 3.36. The largest absolute Gasteiger partial charge is 0.486 e. The third-order valence-electron chi connectivity index (χ3n) is 3.82. The fraction of sp³-hybridized carbons (Fsp3) is 0.263. The molecular formula is C19H17ClFNO5. The molecule has 1 N–H and O–H groups in total. The molecule has 2 aromatic carbocycles. The van der Waals surface area contributed by atoms with E-state index in [0.29, 0.717) is 30.3 Å². The van der Waals surface area contributed by atoms with Crippen LogP contribution in [0.3, 0.4) is 0 Å². The van der Waals surface area contributed by atoms with Crippen LogP contribution >= 0.6 is 11.6 Å². The Kier molecular flexibility index (Phi) is 5.81. The molecular weight excluding hydrogens is 377 g/mol. The van der Waals surface area contributed by atoms with Crippen molar-refractivity contribution in [3.05, 3.63) is 52.8 Å². The van der Waals surface area contributed by atoms with Gasteiger partial charge >= 0.3 is 5.97 Å². The molecule has 8 heteroatoms. The van der Waals surface area contributed by atoms with Crippen LogP contribution in [0.1, 0.15) is 12.5 Å². The number of amides is 1. The first kappa shape index (κ1) is 19.0. The normalized spacial score (nSPS) is 13.6. The standard InChI is InChI=1S/C19H17ClFNO5/c1-11(19(24)22-15-4-3-13(21)10-14(15)20)27-18(23)9-12-2-5-16-17(8-12)26-7-6-25-16/h2-5,8,10-11H,6-7,9H2,1H3,(H,22,24)/t11-/m1/s1. The molecule has 1 aliphatic rings. The number of nitrogens with one attached hydrogen (secondary N) is 1. The minimum atomic E-state index is -1.05. The summed E-state index contributed by atoms with van der Waals surface area (Å²) in [5.41, 5.74) is 0.913. The maximum atomic E-state index is 13.0. The van der Waals surface area contributed by atoms with Crippen molar-refractivity contribution in [2.45, 2.75) is 19.4 Å². The van der Waals surface area contributed by atoms with Gasteiger partial charge in [-0.15, -0.1) is 0 Å². The molecule has 142 valence electrons. The zero-order valence-electron chi connectivity index (χ0n) is 14.5. The number of rotatable bonds is 5. The van der Waals surface area contributed by atoms with Crippen LogP contribution in [0.25, 0.3) is 0 Å². The van der Waals surface area contributed by atoms with Crippen molar-refractivity contribution in [1.82, 2.24) is 0 Å². The first-order chi connectivity index (χ1) is 12.9. The van der Waals surface area contributed by atoms with E-state index < -0.39 is 23.8 Å². The van der Waals surface area contributed by atoms with E-state index in [4.69, 9.17) is 25.8 Å². The Morgan fingerprint density at radius 1 is 1.19 bits per heavy atom. The molecule has 0 unspecified atom stereocenters. The molecule has 0 aliphatic carbocycles. The predicted molar refractivity (Wildman–Crippen MR) is 96.7 cm³/mol. The lowest BCUT2D eigenvalue weighted by molar-refractivity contribution is -0.152. The monoisotopic (exact) mass is 393 g/mol. The van der Waals surface area contributed by atoms with Gasteiger partial charge in [0.2, 0.25) is 0 Å². The summed E-state index contributed by atoms with van der Waals surface area (Å²) < 4.78 is 29.1. The van der Waals surface area contributed by atoms with Crippen LogP contribution in [0.5, 0.6) is 11.5 Å². The molecule has 1 heterocycles. The molecule has 0 saturated carbocycles. The minimum Gasteiger partial charge on any atom is -0.486 e. The lowest BCUT2D eigenvalue weighted by atomic mass is 10.1. The number of carbonyl (C=O) groups is 2. The maximum absolute atomic E-state index is 13.0. The topological polar surface area (TPSA) is 73.9 Å². The molecule has 0 fully saturated rings. The fourth-order valence-electron chi connectivity index (χ4n) is 2.48. The average molecular weight is 394 g/mol. The van der Waals surface area contributed by atoms with Gasteiger partial charge in [0.15, 0.2) is 17.6 Å². The van der Waals surface area contributed by atoms with E-state index in [-0.39, 0.29) is 17.1 Å². The van der Waals surface area contributed by atoms with Crippen molar-refractivity contribution in [2.24, 2.45) is 0 Å². The van der Waals surface area contributed by atoms with Crippen LogP contribution in [-0.4, -0.2) is 31.2 Å². The third kappa shape index (κ3) is 4.89. The molecule has 1 amide bonds. The van der Waals surface area contributed by atoms with Crippen molar-refractivity contribution in [3.63, 3.8) is 0 Å². The SMILES string of the molecule is C[C@@H](OC(=O)Cc1ccc2c(c1)OCCO2)C(=O)Nc1ccc(F)cc1Cl. The first-order valence-corrected chi connectivity index (χ1v) is 8.64. The number of halogens is 2. The summed E-state index contributed by atoms with van der Waals surface area (Å²) >= 11 is 5.86. The highest BCUT2D eigenvalue weighted by molar-refractivity contribution is 6.33. The van der Waals surface area contributed by atoms with Crippen molar-refractivity contribution < 1.29 is 28.2 Å². The van der Waals surface area contributed by atoms with Gasteiger partial charge < -0.3 is 19.5 Å². The second kappa shape index (κ2) is 8.26. The van der Waals surface area contributed by atoms with Gasteiger partial charge in [0.05, 0.1) is 17.1 Å². The van der Waals surface area contributed by atoms with E-state index in [1.54, 1.807) is 18.2 Å². The van der Waals surface area contributed by atoms with E-state index in [2.05, 4.69) is 5.32 Å². The summed E-state index contributed by atoms with van der Waals surface area (Å²) in [6.07, 6.45) is -1.07. The summed E-state index contributed by atoms with van der Waals surface area (Å²) in [5.74, 6) is -0.457. The molecule has 0 saturated heterocycles. The van der Waals surface area contributed by atoms with Gasteiger partial charge in [-0.2, -0.15) is 0 Å². The smallest absolute Gasteiger partial charge is 0.311 e.